The van der Waals surface area contributed by atoms with Crippen LogP contribution in [-0.2, 0) is 10.0 Å². The highest BCUT2D eigenvalue weighted by molar-refractivity contribution is 7.93. The van der Waals surface area contributed by atoms with Crippen LogP contribution in [0.5, 0.6) is 11.5 Å². The van der Waals surface area contributed by atoms with Crippen LogP contribution in [0.25, 0.3) is 11.3 Å². The van der Waals surface area contributed by atoms with E-state index in [1.54, 1.807) is 36.4 Å². The molecule has 0 amide bonds. The molecular formula is C17H12FN5O3S2. The minimum absolute atomic E-state index is 0.0302. The summed E-state index contributed by atoms with van der Waals surface area (Å²) in [5.41, 5.74) is 2.17. The van der Waals surface area contributed by atoms with Gasteiger partial charge in [-0.05, 0) is 30.3 Å². The van der Waals surface area contributed by atoms with Gasteiger partial charge in [-0.15, -0.1) is 10.2 Å². The topological polar surface area (TPSA) is 110 Å². The number of para-hydroxylation sites is 1. The van der Waals surface area contributed by atoms with Crippen molar-refractivity contribution in [1.82, 2.24) is 20.4 Å². The maximum absolute atomic E-state index is 15.3. The number of nitrogens with one attached hydrogen (secondary N) is 2. The average molecular weight is 417 g/mol. The largest absolute Gasteiger partial charge is 0.454 e. The van der Waals surface area contributed by atoms with E-state index in [1.807, 2.05) is 0 Å². The molecule has 4 aromatic rings. The Morgan fingerprint density at radius 1 is 1.11 bits per heavy atom. The van der Waals surface area contributed by atoms with Crippen molar-refractivity contribution in [2.75, 3.05) is 4.72 Å². The third-order valence-corrected chi connectivity index (χ3v) is 5.78. The summed E-state index contributed by atoms with van der Waals surface area (Å²) in [7, 11) is -4.24. The van der Waals surface area contributed by atoms with Crippen molar-refractivity contribution in [3.8, 4) is 22.8 Å². The molecule has 0 saturated carbocycles. The normalized spacial score (nSPS) is 11.3. The number of hydrogen-bond acceptors (Lipinski definition) is 7. The Kier molecular flexibility index (Phi) is 4.75. The molecule has 11 heteroatoms. The number of halogens is 1. The third-order valence-electron chi connectivity index (χ3n) is 3.69. The van der Waals surface area contributed by atoms with Crippen LogP contribution < -0.4 is 9.46 Å². The van der Waals surface area contributed by atoms with Gasteiger partial charge >= 0.3 is 0 Å². The zero-order chi connectivity index (χ0) is 19.6. The molecule has 0 spiro atoms. The van der Waals surface area contributed by atoms with Gasteiger partial charge in [-0.25, -0.2) is 12.8 Å². The Balaban J connectivity index is 1.82. The zero-order valence-electron chi connectivity index (χ0n) is 14.0. The second kappa shape index (κ2) is 7.37. The highest BCUT2D eigenvalue weighted by Crippen LogP contribution is 2.38. The molecule has 0 fully saturated rings. The summed E-state index contributed by atoms with van der Waals surface area (Å²) < 4.78 is 48.5. The number of nitrogens with zero attached hydrogens (tertiary/aromatic N) is 3. The first kappa shape index (κ1) is 18.1. The van der Waals surface area contributed by atoms with Gasteiger partial charge in [0, 0.05) is 11.8 Å². The van der Waals surface area contributed by atoms with E-state index in [1.165, 1.54) is 17.8 Å². The molecule has 0 atom stereocenters. The van der Waals surface area contributed by atoms with Gasteiger partial charge in [0.25, 0.3) is 10.0 Å². The van der Waals surface area contributed by atoms with E-state index in [4.69, 9.17) is 4.74 Å². The number of benzene rings is 2. The SMILES string of the molecule is O=S(=O)(Nc1nncs1)c1ccc(-c2ccn[nH]2)c(Oc2ccccc2)c1F. The van der Waals surface area contributed by atoms with Crippen LogP contribution in [0.15, 0.2) is 65.1 Å². The minimum Gasteiger partial charge on any atom is -0.454 e. The second-order valence-corrected chi connectivity index (χ2v) is 7.97. The molecule has 4 rings (SSSR count). The number of H-pyrrole nitrogens is 1. The van der Waals surface area contributed by atoms with Gasteiger partial charge in [0.05, 0.1) is 5.69 Å². The van der Waals surface area contributed by atoms with E-state index < -0.39 is 20.7 Å². The fourth-order valence-corrected chi connectivity index (χ4v) is 4.22. The van der Waals surface area contributed by atoms with Crippen LogP contribution in [-0.4, -0.2) is 28.8 Å². The Bertz CT molecular complexity index is 1180. The molecule has 2 aromatic carbocycles. The predicted molar refractivity (Wildman–Crippen MR) is 101 cm³/mol. The van der Waals surface area contributed by atoms with Gasteiger partial charge in [0.15, 0.2) is 11.6 Å². The summed E-state index contributed by atoms with van der Waals surface area (Å²) in [5.74, 6) is -0.919. The summed E-state index contributed by atoms with van der Waals surface area (Å²) in [6.45, 7) is 0. The Hall–Kier alpha value is -3.31. The highest BCUT2D eigenvalue weighted by atomic mass is 32.2. The first-order chi connectivity index (χ1) is 13.5. The fraction of sp³-hybridized carbons (Fsp3) is 0. The minimum atomic E-state index is -4.24. The first-order valence-electron chi connectivity index (χ1n) is 7.89. The van der Waals surface area contributed by atoms with Crippen LogP contribution in [0.4, 0.5) is 9.52 Å². The number of aromatic amines is 1. The highest BCUT2D eigenvalue weighted by Gasteiger charge is 2.26. The van der Waals surface area contributed by atoms with E-state index in [9.17, 15) is 8.42 Å². The molecule has 142 valence electrons. The summed E-state index contributed by atoms with van der Waals surface area (Å²) in [4.78, 5) is -0.572. The monoisotopic (exact) mass is 417 g/mol. The molecule has 0 aliphatic rings. The van der Waals surface area contributed by atoms with Crippen molar-refractivity contribution in [2.45, 2.75) is 4.90 Å². The molecule has 0 saturated heterocycles. The Morgan fingerprint density at radius 3 is 2.61 bits per heavy atom. The molecule has 0 bridgehead atoms. The standard InChI is InChI=1S/C17H12FN5O3S2/c18-15-14(28(24,25)23-17-22-20-10-27-17)7-6-12(13-8-9-19-21-13)16(15)26-11-4-2-1-3-5-11/h1-10H,(H,19,21)(H,22,23). The van der Waals surface area contributed by atoms with Gasteiger partial charge < -0.3 is 4.74 Å². The van der Waals surface area contributed by atoms with Gasteiger partial charge in [0.1, 0.15) is 16.2 Å². The molecule has 28 heavy (non-hydrogen) atoms. The Morgan fingerprint density at radius 2 is 1.93 bits per heavy atom. The van der Waals surface area contributed by atoms with Crippen LogP contribution in [0.1, 0.15) is 0 Å². The molecule has 2 aromatic heterocycles. The lowest BCUT2D eigenvalue weighted by Crippen LogP contribution is -2.15. The zero-order valence-corrected chi connectivity index (χ0v) is 15.7. The third kappa shape index (κ3) is 3.57. The van der Waals surface area contributed by atoms with Crippen LogP contribution >= 0.6 is 11.3 Å². The molecule has 0 aliphatic carbocycles. The van der Waals surface area contributed by atoms with Crippen molar-refractivity contribution in [1.29, 1.82) is 0 Å². The number of ether oxygens (including phenoxy) is 1. The number of hydrogen-bond donors (Lipinski definition) is 2. The maximum atomic E-state index is 15.3. The van der Waals surface area contributed by atoms with E-state index in [2.05, 4.69) is 25.1 Å². The molecule has 0 aliphatic heterocycles. The summed E-state index contributed by atoms with van der Waals surface area (Å²) in [5, 5.41) is 13.8. The van der Waals surface area contributed by atoms with Gasteiger partial charge in [-0.2, -0.15) is 5.10 Å². The Labute approximate surface area is 163 Å². The first-order valence-corrected chi connectivity index (χ1v) is 10.2. The quantitative estimate of drug-likeness (QED) is 0.495. The van der Waals surface area contributed by atoms with Crippen LogP contribution in [0.3, 0.4) is 0 Å². The van der Waals surface area contributed by atoms with Crippen LogP contribution in [0, 0.1) is 5.82 Å². The predicted octanol–water partition coefficient (Wildman–Crippen LogP) is 3.66. The number of rotatable bonds is 6. The smallest absolute Gasteiger partial charge is 0.266 e. The van der Waals surface area contributed by atoms with Gasteiger partial charge in [-0.3, -0.25) is 9.82 Å². The van der Waals surface area contributed by atoms with E-state index in [0.717, 1.165) is 17.4 Å². The van der Waals surface area contributed by atoms with Crippen molar-refractivity contribution in [2.24, 2.45) is 0 Å². The van der Waals surface area contributed by atoms with Crippen molar-refractivity contribution >= 4 is 26.5 Å². The summed E-state index contributed by atoms with van der Waals surface area (Å²) in [6, 6.07) is 12.7. The number of sulfonamides is 1. The second-order valence-electron chi connectivity index (χ2n) is 5.49. The van der Waals surface area contributed by atoms with E-state index >= 15 is 4.39 Å². The molecular weight excluding hydrogens is 405 g/mol. The lowest BCUT2D eigenvalue weighted by atomic mass is 10.1. The van der Waals surface area contributed by atoms with Gasteiger partial charge in [0.2, 0.25) is 5.13 Å². The number of anilines is 1. The van der Waals surface area contributed by atoms with Gasteiger partial charge in [-0.1, -0.05) is 29.5 Å². The summed E-state index contributed by atoms with van der Waals surface area (Å²) >= 11 is 0.979. The van der Waals surface area contributed by atoms with Crippen LogP contribution in [0.2, 0.25) is 0 Å². The van der Waals surface area contributed by atoms with E-state index in [0.29, 0.717) is 17.0 Å². The van der Waals surface area contributed by atoms with Crippen molar-refractivity contribution in [3.05, 3.63) is 66.1 Å². The average Bonchev–Trinajstić information content (AvgIpc) is 3.37. The van der Waals surface area contributed by atoms with Crippen molar-refractivity contribution < 1.29 is 17.5 Å². The lowest BCUT2D eigenvalue weighted by Gasteiger charge is -2.14. The molecule has 0 unspecified atom stereocenters. The lowest BCUT2D eigenvalue weighted by molar-refractivity contribution is 0.434. The summed E-state index contributed by atoms with van der Waals surface area (Å²) in [6.07, 6.45) is 1.50. The van der Waals surface area contributed by atoms with E-state index in [-0.39, 0.29) is 10.9 Å². The molecule has 2 heterocycles. The van der Waals surface area contributed by atoms with Crippen molar-refractivity contribution in [3.63, 3.8) is 0 Å². The fourth-order valence-electron chi connectivity index (χ4n) is 2.46. The maximum Gasteiger partial charge on any atom is 0.266 e. The molecule has 2 N–H and O–H groups in total. The number of aromatic nitrogens is 4. The molecule has 8 nitrogen and oxygen atoms in total. The molecule has 0 radical (unpaired) electrons.